The molecule has 1 saturated heterocycles. The van der Waals surface area contributed by atoms with E-state index < -0.39 is 0 Å². The van der Waals surface area contributed by atoms with Crippen LogP contribution in [0.25, 0.3) is 0 Å². The van der Waals surface area contributed by atoms with Crippen molar-refractivity contribution in [3.05, 3.63) is 28.5 Å². The molecular weight excluding hydrogens is 278 g/mol. The molecule has 1 aliphatic rings. The molecule has 0 amide bonds. The van der Waals surface area contributed by atoms with Gasteiger partial charge in [0.05, 0.1) is 5.69 Å². The molecule has 2 atom stereocenters. The third-order valence-corrected chi connectivity index (χ3v) is 3.89. The Morgan fingerprint density at radius 3 is 3.00 bits per heavy atom. The predicted octanol–water partition coefficient (Wildman–Crippen LogP) is 2.55. The van der Waals surface area contributed by atoms with E-state index in [9.17, 15) is 0 Å². The molecule has 2 heterocycles. The van der Waals surface area contributed by atoms with E-state index in [1.54, 1.807) is 0 Å². The van der Waals surface area contributed by atoms with Gasteiger partial charge in [-0.2, -0.15) is 0 Å². The Morgan fingerprint density at radius 1 is 1.53 bits per heavy atom. The van der Waals surface area contributed by atoms with Gasteiger partial charge in [0.1, 0.15) is 0 Å². The zero-order valence-electron chi connectivity index (χ0n) is 10.3. The highest BCUT2D eigenvalue weighted by Crippen LogP contribution is 2.21. The van der Waals surface area contributed by atoms with Crippen molar-refractivity contribution in [1.29, 1.82) is 0 Å². The second-order valence-electron chi connectivity index (χ2n) is 4.86. The molecule has 0 spiro atoms. The molecule has 1 aliphatic heterocycles. The number of pyridine rings is 1. The molecule has 2 unspecified atom stereocenters. The van der Waals surface area contributed by atoms with Crippen molar-refractivity contribution in [2.75, 3.05) is 6.54 Å². The highest BCUT2D eigenvalue weighted by Gasteiger charge is 2.25. The van der Waals surface area contributed by atoms with Crippen LogP contribution in [0.1, 0.15) is 31.9 Å². The van der Waals surface area contributed by atoms with Gasteiger partial charge in [-0.05, 0) is 54.4 Å². The fraction of sp³-hybridized carbons (Fsp3) is 0.615. The Morgan fingerprint density at radius 2 is 2.35 bits per heavy atom. The summed E-state index contributed by atoms with van der Waals surface area (Å²) in [7, 11) is 0. The lowest BCUT2D eigenvalue weighted by atomic mass is 9.97. The predicted molar refractivity (Wildman–Crippen MR) is 73.6 cm³/mol. The van der Waals surface area contributed by atoms with Gasteiger partial charge < -0.3 is 5.73 Å². The maximum Gasteiger partial charge on any atom is 0.0544 e. The van der Waals surface area contributed by atoms with Crippen LogP contribution in [0.15, 0.2) is 22.8 Å². The van der Waals surface area contributed by atoms with Crippen molar-refractivity contribution in [2.24, 2.45) is 5.73 Å². The van der Waals surface area contributed by atoms with E-state index in [0.29, 0.717) is 6.04 Å². The first-order valence-corrected chi connectivity index (χ1v) is 7.06. The van der Waals surface area contributed by atoms with E-state index in [2.05, 4.69) is 38.8 Å². The normalized spacial score (nSPS) is 23.6. The lowest BCUT2D eigenvalue weighted by Gasteiger charge is -2.37. The van der Waals surface area contributed by atoms with Crippen LogP contribution in [-0.2, 0) is 6.54 Å². The van der Waals surface area contributed by atoms with E-state index in [1.165, 1.54) is 19.3 Å². The van der Waals surface area contributed by atoms with Gasteiger partial charge >= 0.3 is 0 Å². The third-order valence-electron chi connectivity index (χ3n) is 3.42. The van der Waals surface area contributed by atoms with Crippen molar-refractivity contribution >= 4 is 15.9 Å². The first-order valence-electron chi connectivity index (χ1n) is 6.27. The van der Waals surface area contributed by atoms with Gasteiger partial charge in [0, 0.05) is 29.3 Å². The van der Waals surface area contributed by atoms with Crippen LogP contribution in [0.5, 0.6) is 0 Å². The first kappa shape index (κ1) is 13.0. The van der Waals surface area contributed by atoms with Gasteiger partial charge in [0.2, 0.25) is 0 Å². The monoisotopic (exact) mass is 297 g/mol. The van der Waals surface area contributed by atoms with Crippen LogP contribution in [0.4, 0.5) is 0 Å². The van der Waals surface area contributed by atoms with Crippen molar-refractivity contribution < 1.29 is 0 Å². The lowest BCUT2D eigenvalue weighted by Crippen LogP contribution is -2.48. The van der Waals surface area contributed by atoms with Crippen molar-refractivity contribution in [3.63, 3.8) is 0 Å². The van der Waals surface area contributed by atoms with Crippen LogP contribution in [0.2, 0.25) is 0 Å². The van der Waals surface area contributed by atoms with Crippen LogP contribution in [0, 0.1) is 0 Å². The first-order chi connectivity index (χ1) is 8.16. The molecule has 17 heavy (non-hydrogen) atoms. The maximum absolute atomic E-state index is 6.07. The number of rotatable bonds is 3. The quantitative estimate of drug-likeness (QED) is 0.932. The molecule has 4 heteroatoms. The molecule has 3 nitrogen and oxygen atoms in total. The van der Waals surface area contributed by atoms with Crippen LogP contribution in [0.3, 0.4) is 0 Å². The number of nitrogens with two attached hydrogens (primary N) is 1. The molecule has 2 N–H and O–H groups in total. The summed E-state index contributed by atoms with van der Waals surface area (Å²) in [6, 6.07) is 4.88. The molecule has 0 aromatic carbocycles. The smallest absolute Gasteiger partial charge is 0.0544 e. The molecule has 0 bridgehead atoms. The van der Waals surface area contributed by atoms with Crippen LogP contribution in [-0.4, -0.2) is 28.5 Å². The standard InChI is InChI=1S/C13H20BrN3/c1-10(15)13-4-2-3-7-17(13)9-12-6-5-11(14)8-16-12/h5-6,8,10,13H,2-4,7,9,15H2,1H3. The third kappa shape index (κ3) is 3.50. The van der Waals surface area contributed by atoms with Crippen molar-refractivity contribution in [2.45, 2.75) is 44.8 Å². The van der Waals surface area contributed by atoms with Gasteiger partial charge in [-0.1, -0.05) is 6.42 Å². The van der Waals surface area contributed by atoms with Crippen LogP contribution < -0.4 is 5.73 Å². The highest BCUT2D eigenvalue weighted by atomic mass is 79.9. The van der Waals surface area contributed by atoms with E-state index in [-0.39, 0.29) is 6.04 Å². The summed E-state index contributed by atoms with van der Waals surface area (Å²) < 4.78 is 1.03. The summed E-state index contributed by atoms with van der Waals surface area (Å²) >= 11 is 3.41. The summed E-state index contributed by atoms with van der Waals surface area (Å²) in [4.78, 5) is 6.91. The summed E-state index contributed by atoms with van der Waals surface area (Å²) in [5.74, 6) is 0. The second kappa shape index (κ2) is 5.94. The minimum atomic E-state index is 0.241. The zero-order chi connectivity index (χ0) is 12.3. The molecule has 0 saturated carbocycles. The van der Waals surface area contributed by atoms with Gasteiger partial charge in [0.25, 0.3) is 0 Å². The average Bonchev–Trinajstić information content (AvgIpc) is 2.32. The number of nitrogens with zero attached hydrogens (tertiary/aromatic N) is 2. The molecule has 94 valence electrons. The number of piperidine rings is 1. The number of likely N-dealkylation sites (tertiary alicyclic amines) is 1. The van der Waals surface area contributed by atoms with Gasteiger partial charge in [-0.15, -0.1) is 0 Å². The Bertz CT molecular complexity index is 350. The summed E-state index contributed by atoms with van der Waals surface area (Å²) in [5.41, 5.74) is 7.19. The maximum atomic E-state index is 6.07. The molecule has 0 aliphatic carbocycles. The topological polar surface area (TPSA) is 42.1 Å². The molecule has 1 aromatic rings. The van der Waals surface area contributed by atoms with E-state index >= 15 is 0 Å². The number of hydrogen-bond donors (Lipinski definition) is 1. The number of halogens is 1. The van der Waals surface area contributed by atoms with Crippen LogP contribution >= 0.6 is 15.9 Å². The number of hydrogen-bond acceptors (Lipinski definition) is 3. The summed E-state index contributed by atoms with van der Waals surface area (Å²) in [6.45, 7) is 4.17. The molecule has 0 radical (unpaired) electrons. The van der Waals surface area contributed by atoms with E-state index in [0.717, 1.165) is 23.3 Å². The van der Waals surface area contributed by atoms with Crippen molar-refractivity contribution in [1.82, 2.24) is 9.88 Å². The van der Waals surface area contributed by atoms with E-state index in [4.69, 9.17) is 5.73 Å². The van der Waals surface area contributed by atoms with Crippen molar-refractivity contribution in [3.8, 4) is 0 Å². The fourth-order valence-corrected chi connectivity index (χ4v) is 2.75. The molecule has 1 aromatic heterocycles. The van der Waals surface area contributed by atoms with Gasteiger partial charge in [-0.3, -0.25) is 9.88 Å². The number of aromatic nitrogens is 1. The second-order valence-corrected chi connectivity index (χ2v) is 5.78. The average molecular weight is 298 g/mol. The molecular formula is C13H20BrN3. The zero-order valence-corrected chi connectivity index (χ0v) is 11.9. The molecule has 1 fully saturated rings. The van der Waals surface area contributed by atoms with Gasteiger partial charge in [0.15, 0.2) is 0 Å². The van der Waals surface area contributed by atoms with E-state index in [1.807, 2.05) is 12.3 Å². The lowest BCUT2D eigenvalue weighted by molar-refractivity contribution is 0.121. The highest BCUT2D eigenvalue weighted by molar-refractivity contribution is 9.10. The largest absolute Gasteiger partial charge is 0.327 e. The summed E-state index contributed by atoms with van der Waals surface area (Å²) in [5, 5.41) is 0. The molecule has 2 rings (SSSR count). The SMILES string of the molecule is CC(N)C1CCCCN1Cc1ccc(Br)cn1. The minimum absolute atomic E-state index is 0.241. The Balaban J connectivity index is 2.02. The Hall–Kier alpha value is -0.450. The van der Waals surface area contributed by atoms with Gasteiger partial charge in [-0.25, -0.2) is 0 Å². The Kier molecular flexibility index (Phi) is 4.54. The Labute approximate surface area is 112 Å². The fourth-order valence-electron chi connectivity index (χ4n) is 2.52. The minimum Gasteiger partial charge on any atom is -0.327 e. The summed E-state index contributed by atoms with van der Waals surface area (Å²) in [6.07, 6.45) is 5.66.